The highest BCUT2D eigenvalue weighted by Gasteiger charge is 2.53. The van der Waals surface area contributed by atoms with Crippen molar-refractivity contribution < 1.29 is 4.12 Å². The van der Waals surface area contributed by atoms with Gasteiger partial charge in [0.15, 0.2) is 0 Å². The zero-order valence-corrected chi connectivity index (χ0v) is 37.7. The van der Waals surface area contributed by atoms with E-state index >= 15 is 0 Å². The highest BCUT2D eigenvalue weighted by molar-refractivity contribution is 7.18. The quantitative estimate of drug-likeness (QED) is 0.0990. The zero-order valence-electron chi connectivity index (χ0n) is 35.7. The van der Waals surface area contributed by atoms with Gasteiger partial charge in [0.05, 0.1) is 22.1 Å². The minimum absolute atomic E-state index is 1.10. The van der Waals surface area contributed by atoms with Gasteiger partial charge in [0, 0.05) is 32.9 Å². The van der Waals surface area contributed by atoms with Gasteiger partial charge in [-0.2, -0.15) is 0 Å². The molecule has 0 saturated heterocycles. The van der Waals surface area contributed by atoms with E-state index in [9.17, 15) is 0 Å². The molecule has 65 heavy (non-hydrogen) atoms. The summed E-state index contributed by atoms with van der Waals surface area (Å²) in [6.07, 6.45) is 0. The van der Waals surface area contributed by atoms with Gasteiger partial charge in [-0.25, -0.2) is 0 Å². The lowest BCUT2D eigenvalue weighted by Crippen LogP contribution is -2.81. The van der Waals surface area contributed by atoms with Crippen molar-refractivity contribution in [3.8, 4) is 11.4 Å². The topological polar surface area (TPSA) is 19.1 Å². The van der Waals surface area contributed by atoms with Crippen LogP contribution < -0.4 is 31.1 Å². The van der Waals surface area contributed by atoms with Gasteiger partial charge in [-0.05, 0) is 79.7 Å². The van der Waals surface area contributed by atoms with Gasteiger partial charge in [-0.1, -0.05) is 218 Å². The fourth-order valence-electron chi connectivity index (χ4n) is 10.4. The maximum Gasteiger partial charge on any atom is 0.278 e. The molecule has 0 aliphatic carbocycles. The molecule has 10 aromatic carbocycles. The van der Waals surface area contributed by atoms with Crippen molar-refractivity contribution >= 4 is 91.4 Å². The molecule has 0 aliphatic heterocycles. The number of nitrogens with zero attached hydrogens (tertiary/aromatic N) is 2. The number of hydrogen-bond donors (Lipinski definition) is 0. The summed E-state index contributed by atoms with van der Waals surface area (Å²) < 4.78 is 13.6. The summed E-state index contributed by atoms with van der Waals surface area (Å²) >= 11 is 0. The zero-order chi connectivity index (χ0) is 43.2. The Morgan fingerprint density at radius 2 is 0.538 bits per heavy atom. The van der Waals surface area contributed by atoms with Crippen molar-refractivity contribution in [1.29, 1.82) is 0 Å². The Morgan fingerprint density at radius 3 is 0.954 bits per heavy atom. The lowest BCUT2D eigenvalue weighted by atomic mass is 10.1. The first-order chi connectivity index (χ1) is 32.2. The SMILES string of the molecule is c1ccc(-n2c3ccccc3c3cc4c(cc32)c2ccccc2n4-c2cccc([Si](O[Si](c3ccccc3)(c3ccccc3)c3ccccc3)(c3ccccc3)c3ccccc3)c2)cc1. The predicted molar refractivity (Wildman–Crippen MR) is 278 cm³/mol. The molecule has 0 spiro atoms. The highest BCUT2D eigenvalue weighted by Crippen LogP contribution is 2.39. The summed E-state index contributed by atoms with van der Waals surface area (Å²) in [4.78, 5) is 0. The Labute approximate surface area is 381 Å². The summed E-state index contributed by atoms with van der Waals surface area (Å²) in [6, 6.07) is 97.7. The van der Waals surface area contributed by atoms with Gasteiger partial charge < -0.3 is 13.2 Å². The van der Waals surface area contributed by atoms with Crippen molar-refractivity contribution in [1.82, 2.24) is 9.13 Å². The standard InChI is InChI=1S/C60H44N2OSi2/c1-7-24-45(25-8-1)61-57-40-21-19-38-53(57)55-44-60-56(43-59(55)61)54-39-20-22-41-58(54)62(60)46-26-23-37-52(42-46)65(50-33-15-5-16-34-50,51-35-17-6-18-36-51)63-64(47-27-9-2-10-28-47,48-29-11-3-12-30-48)49-31-13-4-14-32-49/h1-44H. The fraction of sp³-hybridized carbons (Fsp3) is 0. The number of hydrogen-bond acceptors (Lipinski definition) is 1. The van der Waals surface area contributed by atoms with E-state index in [4.69, 9.17) is 4.12 Å². The third-order valence-corrected chi connectivity index (χ3v) is 22.5. The van der Waals surface area contributed by atoms with Crippen molar-refractivity contribution in [3.63, 3.8) is 0 Å². The molecule has 3 nitrogen and oxygen atoms in total. The molecule has 0 atom stereocenters. The minimum atomic E-state index is -3.46. The molecule has 0 aliphatic rings. The van der Waals surface area contributed by atoms with Gasteiger partial charge in [0.1, 0.15) is 0 Å². The fourth-order valence-corrected chi connectivity index (χ4v) is 21.0. The third-order valence-electron chi connectivity index (χ3n) is 13.2. The Morgan fingerprint density at radius 1 is 0.231 bits per heavy atom. The minimum Gasteiger partial charge on any atom is -0.435 e. The van der Waals surface area contributed by atoms with E-state index in [2.05, 4.69) is 276 Å². The molecular formula is C60H44N2OSi2. The van der Waals surface area contributed by atoms with Crippen molar-refractivity contribution in [2.24, 2.45) is 0 Å². The molecule has 12 aromatic rings. The second kappa shape index (κ2) is 16.1. The average Bonchev–Trinajstić information content (AvgIpc) is 3.90. The van der Waals surface area contributed by atoms with E-state index in [1.807, 2.05) is 0 Å². The summed E-state index contributed by atoms with van der Waals surface area (Å²) in [5.41, 5.74) is 6.97. The Balaban J connectivity index is 1.17. The molecule has 0 N–H and O–H groups in total. The summed E-state index contributed by atoms with van der Waals surface area (Å²) in [5, 5.41) is 12.1. The van der Waals surface area contributed by atoms with Crippen LogP contribution in [0.25, 0.3) is 55.0 Å². The molecule has 308 valence electrons. The maximum absolute atomic E-state index is 8.71. The summed E-state index contributed by atoms with van der Waals surface area (Å²) in [7, 11) is -6.76. The first-order valence-corrected chi connectivity index (χ1v) is 26.2. The molecule has 0 unspecified atom stereocenters. The molecule has 5 heteroatoms. The highest BCUT2D eigenvalue weighted by atomic mass is 28.4. The van der Waals surface area contributed by atoms with Crippen molar-refractivity contribution in [3.05, 3.63) is 267 Å². The summed E-state index contributed by atoms with van der Waals surface area (Å²) in [5.74, 6) is 0. The van der Waals surface area contributed by atoms with E-state index in [0.29, 0.717) is 0 Å². The molecule has 0 saturated carbocycles. The van der Waals surface area contributed by atoms with Gasteiger partial charge in [0.25, 0.3) is 16.6 Å². The Kier molecular flexibility index (Phi) is 9.60. The van der Waals surface area contributed by atoms with Crippen LogP contribution in [0.5, 0.6) is 0 Å². The second-order valence-electron chi connectivity index (χ2n) is 16.8. The Hall–Kier alpha value is -7.81. The van der Waals surface area contributed by atoms with Crippen LogP contribution in [0.3, 0.4) is 0 Å². The number of aromatic nitrogens is 2. The van der Waals surface area contributed by atoms with Crippen molar-refractivity contribution in [2.45, 2.75) is 0 Å². The normalized spacial score (nSPS) is 12.1. The van der Waals surface area contributed by atoms with E-state index in [1.165, 1.54) is 69.2 Å². The summed E-state index contributed by atoms with van der Waals surface area (Å²) in [6.45, 7) is 0. The molecular weight excluding hydrogens is 821 g/mol. The molecule has 0 amide bonds. The van der Waals surface area contributed by atoms with Gasteiger partial charge in [-0.3, -0.25) is 0 Å². The smallest absolute Gasteiger partial charge is 0.278 e. The van der Waals surface area contributed by atoms with Crippen LogP contribution in [0.2, 0.25) is 0 Å². The van der Waals surface area contributed by atoms with Gasteiger partial charge in [-0.15, -0.1) is 0 Å². The first-order valence-electron chi connectivity index (χ1n) is 22.3. The third kappa shape index (κ3) is 6.27. The van der Waals surface area contributed by atoms with Crippen LogP contribution >= 0.6 is 0 Å². The van der Waals surface area contributed by atoms with E-state index in [-0.39, 0.29) is 0 Å². The van der Waals surface area contributed by atoms with Crippen LogP contribution in [-0.4, -0.2) is 25.8 Å². The average molecular weight is 865 g/mol. The van der Waals surface area contributed by atoms with Crippen LogP contribution in [0.15, 0.2) is 267 Å². The van der Waals surface area contributed by atoms with Gasteiger partial charge in [0.2, 0.25) is 0 Å². The predicted octanol–water partition coefficient (Wildman–Crippen LogP) is 10.5. The van der Waals surface area contributed by atoms with Crippen molar-refractivity contribution in [2.75, 3.05) is 0 Å². The molecule has 2 aromatic heterocycles. The van der Waals surface area contributed by atoms with Crippen LogP contribution in [0, 0.1) is 0 Å². The molecule has 0 bridgehead atoms. The lowest BCUT2D eigenvalue weighted by Gasteiger charge is -2.44. The van der Waals surface area contributed by atoms with Crippen LogP contribution in [0.1, 0.15) is 0 Å². The number of rotatable bonds is 10. The van der Waals surface area contributed by atoms with Crippen LogP contribution in [-0.2, 0) is 4.12 Å². The molecule has 0 radical (unpaired) electrons. The lowest BCUT2D eigenvalue weighted by molar-refractivity contribution is 0.600. The largest absolute Gasteiger partial charge is 0.435 e. The Bertz CT molecular complexity index is 3480. The van der Waals surface area contributed by atoms with Gasteiger partial charge >= 0.3 is 0 Å². The van der Waals surface area contributed by atoms with E-state index in [1.54, 1.807) is 0 Å². The number of fused-ring (bicyclic) bond motifs is 6. The molecule has 2 heterocycles. The number of benzene rings is 10. The first kappa shape index (κ1) is 38.8. The monoisotopic (exact) mass is 864 g/mol. The maximum atomic E-state index is 8.71. The second-order valence-corrected chi connectivity index (χ2v) is 23.8. The van der Waals surface area contributed by atoms with E-state index in [0.717, 1.165) is 16.9 Å². The molecule has 0 fully saturated rings. The van der Waals surface area contributed by atoms with Crippen LogP contribution in [0.4, 0.5) is 0 Å². The number of para-hydroxylation sites is 3. The molecule has 12 rings (SSSR count). The van der Waals surface area contributed by atoms with E-state index < -0.39 is 16.6 Å².